The molecule has 0 aliphatic heterocycles. The number of carbonyl (C=O) groups excluding carboxylic acids is 1. The minimum absolute atomic E-state index is 0. The summed E-state index contributed by atoms with van der Waals surface area (Å²) in [6.07, 6.45) is 0.247. The van der Waals surface area contributed by atoms with Gasteiger partial charge in [0.15, 0.2) is 0 Å². The Bertz CT molecular complexity index is 563. The van der Waals surface area contributed by atoms with Crippen molar-refractivity contribution in [3.8, 4) is 11.1 Å². The van der Waals surface area contributed by atoms with Gasteiger partial charge in [-0.3, -0.25) is 26.9 Å². The van der Waals surface area contributed by atoms with Crippen molar-refractivity contribution in [3.05, 3.63) is 59.7 Å². The fraction of sp³-hybridized carbons (Fsp3) is 0.316. The van der Waals surface area contributed by atoms with Crippen LogP contribution in [0.2, 0.25) is 0 Å². The second-order valence-corrected chi connectivity index (χ2v) is 4.07. The number of carbonyl (C=O) groups is 1. The number of esters is 1. The number of aryl methyl sites for hydroxylation is 1. The topological polar surface area (TPSA) is 26.3 Å². The van der Waals surface area contributed by atoms with Crippen LogP contribution in [0.4, 0.5) is 4.39 Å². The van der Waals surface area contributed by atoms with Crippen LogP contribution in [0.15, 0.2) is 36.4 Å². The normalized spacial score (nSPS) is 8.08. The molecule has 2 nitrogen and oxygen atoms in total. The van der Waals surface area contributed by atoms with Crippen molar-refractivity contribution in [1.82, 2.24) is 0 Å². The SMILES string of the molecule is CC.CF.COC(=O)Cc1[c-]c(-c2ccccc2)[c-]cc1C.[W].[Y]. The van der Waals surface area contributed by atoms with Gasteiger partial charge in [0.25, 0.3) is 0 Å². The van der Waals surface area contributed by atoms with Crippen LogP contribution < -0.4 is 0 Å². The molecule has 0 saturated heterocycles. The maximum absolute atomic E-state index is 11.3. The summed E-state index contributed by atoms with van der Waals surface area (Å²) in [5.74, 6) is -0.250. The van der Waals surface area contributed by atoms with E-state index in [2.05, 4.69) is 16.9 Å². The summed E-state index contributed by atoms with van der Waals surface area (Å²) in [7, 11) is 1.89. The molecular weight excluding hydrogens is 552 g/mol. The molecule has 1 radical (unpaired) electrons. The van der Waals surface area contributed by atoms with Gasteiger partial charge in [0, 0.05) is 60.2 Å². The molecule has 0 bridgehead atoms. The Hall–Kier alpha value is -0.368. The van der Waals surface area contributed by atoms with Crippen molar-refractivity contribution in [2.45, 2.75) is 27.2 Å². The van der Waals surface area contributed by atoms with E-state index in [0.717, 1.165) is 22.3 Å². The predicted molar refractivity (Wildman–Crippen MR) is 88.4 cm³/mol. The van der Waals surface area contributed by atoms with Gasteiger partial charge >= 0.3 is 5.97 Å². The third-order valence-electron chi connectivity index (χ3n) is 2.80. The summed E-state index contributed by atoms with van der Waals surface area (Å²) in [5.41, 5.74) is 3.78. The molecule has 0 aliphatic rings. The molecule has 2 aromatic rings. The first kappa shape index (κ1) is 28.4. The molecule has 0 aliphatic carbocycles. The fourth-order valence-corrected chi connectivity index (χ4v) is 1.71. The summed E-state index contributed by atoms with van der Waals surface area (Å²) >= 11 is 0. The van der Waals surface area contributed by atoms with Crippen LogP contribution in [0.5, 0.6) is 0 Å². The van der Waals surface area contributed by atoms with E-state index in [1.807, 2.05) is 57.2 Å². The minimum atomic E-state index is -0.250. The van der Waals surface area contributed by atoms with Gasteiger partial charge in [-0.1, -0.05) is 32.0 Å². The van der Waals surface area contributed by atoms with Crippen molar-refractivity contribution in [3.63, 3.8) is 0 Å². The smallest absolute Gasteiger partial charge is 0.306 e. The van der Waals surface area contributed by atoms with Crippen LogP contribution in [-0.2, 0) is 69.7 Å². The summed E-state index contributed by atoms with van der Waals surface area (Å²) < 4.78 is 14.2. The van der Waals surface area contributed by atoms with Gasteiger partial charge < -0.3 is 4.74 Å². The summed E-state index contributed by atoms with van der Waals surface area (Å²) in [5, 5.41) is 0. The number of methoxy groups -OCH3 is 1. The van der Waals surface area contributed by atoms with Crippen LogP contribution in [0.25, 0.3) is 11.1 Å². The Morgan fingerprint density at radius 1 is 1.17 bits per heavy atom. The Kier molecular flexibility index (Phi) is 20.7. The first-order valence-corrected chi connectivity index (χ1v) is 7.14. The number of halogens is 1. The van der Waals surface area contributed by atoms with Gasteiger partial charge in [-0.15, -0.1) is 19.1 Å². The fourth-order valence-electron chi connectivity index (χ4n) is 1.71. The van der Waals surface area contributed by atoms with Crippen LogP contribution in [0.1, 0.15) is 25.0 Å². The van der Waals surface area contributed by atoms with Gasteiger partial charge in [-0.2, -0.15) is 5.56 Å². The predicted octanol–water partition coefficient (Wildman–Crippen LogP) is 4.58. The van der Waals surface area contributed by atoms with E-state index < -0.39 is 0 Å². The van der Waals surface area contributed by atoms with E-state index in [0.29, 0.717) is 7.18 Å². The Morgan fingerprint density at radius 3 is 2.21 bits per heavy atom. The molecule has 0 fully saturated rings. The van der Waals surface area contributed by atoms with Crippen LogP contribution in [0, 0.1) is 19.1 Å². The summed E-state index contributed by atoms with van der Waals surface area (Å²) in [6.45, 7) is 5.94. The quantitative estimate of drug-likeness (QED) is 0.396. The summed E-state index contributed by atoms with van der Waals surface area (Å²) in [4.78, 5) is 11.3. The van der Waals surface area contributed by atoms with E-state index >= 15 is 0 Å². The van der Waals surface area contributed by atoms with Crippen LogP contribution >= 0.6 is 0 Å². The van der Waals surface area contributed by atoms with E-state index in [1.54, 1.807) is 0 Å². The number of alkyl halides is 1. The monoisotopic (exact) mass is 575 g/mol. The van der Waals surface area contributed by atoms with E-state index in [-0.39, 0.29) is 66.2 Å². The second kappa shape index (κ2) is 17.5. The Labute approximate surface area is 184 Å². The van der Waals surface area contributed by atoms with Crippen molar-refractivity contribution in [2.75, 3.05) is 14.3 Å². The van der Waals surface area contributed by atoms with Crippen molar-refractivity contribution in [2.24, 2.45) is 0 Å². The molecule has 0 saturated carbocycles. The average molecular weight is 575 g/mol. The third-order valence-corrected chi connectivity index (χ3v) is 2.80. The average Bonchev–Trinajstić information content (AvgIpc) is 2.61. The maximum Gasteiger partial charge on any atom is 0.306 e. The molecule has 0 unspecified atom stereocenters. The number of ether oxygens (including phenoxy) is 1. The molecule has 5 heteroatoms. The van der Waals surface area contributed by atoms with Gasteiger partial charge in [0.2, 0.25) is 0 Å². The molecule has 2 rings (SSSR count). The molecule has 129 valence electrons. The zero-order valence-corrected chi connectivity index (χ0v) is 20.6. The number of hydrogen-bond acceptors (Lipinski definition) is 2. The third kappa shape index (κ3) is 9.81. The number of hydrogen-bond donors (Lipinski definition) is 0. The first-order chi connectivity index (χ1) is 10.7. The second-order valence-electron chi connectivity index (χ2n) is 4.07. The van der Waals surface area contributed by atoms with Gasteiger partial charge in [0.1, 0.15) is 0 Å². The van der Waals surface area contributed by atoms with E-state index in [9.17, 15) is 9.18 Å². The molecule has 0 atom stereocenters. The standard InChI is InChI=1S/C16H14O2.C2H6.CH3F.W.Y/c1-12-8-9-14(13-6-4-3-5-7-13)10-15(12)11-16(17)18-2;2*1-2;;/h3-8H,11H2,1-2H3;1-2H3;1H3;;/q-2;;;;. The molecule has 0 spiro atoms. The van der Waals surface area contributed by atoms with Gasteiger partial charge in [-0.25, -0.2) is 17.2 Å². The van der Waals surface area contributed by atoms with Crippen LogP contribution in [-0.4, -0.2) is 20.3 Å². The number of rotatable bonds is 3. The molecule has 24 heavy (non-hydrogen) atoms. The Balaban J connectivity index is -0.000000684. The molecule has 0 amide bonds. The molecule has 0 aromatic heterocycles. The molecule has 2 aromatic carbocycles. The van der Waals surface area contributed by atoms with Crippen molar-refractivity contribution in [1.29, 1.82) is 0 Å². The van der Waals surface area contributed by atoms with Crippen molar-refractivity contribution < 1.29 is 67.7 Å². The van der Waals surface area contributed by atoms with Crippen LogP contribution in [0.3, 0.4) is 0 Å². The van der Waals surface area contributed by atoms with E-state index in [4.69, 9.17) is 0 Å². The van der Waals surface area contributed by atoms with Gasteiger partial charge in [-0.05, 0) is 0 Å². The first-order valence-electron chi connectivity index (χ1n) is 7.14. The zero-order valence-electron chi connectivity index (χ0n) is 14.9. The minimum Gasteiger partial charge on any atom is -0.469 e. The van der Waals surface area contributed by atoms with E-state index in [1.165, 1.54) is 7.11 Å². The summed E-state index contributed by atoms with van der Waals surface area (Å²) in [6, 6.07) is 18.2. The molecule has 0 heterocycles. The van der Waals surface area contributed by atoms with Gasteiger partial charge in [0.05, 0.1) is 14.3 Å². The largest absolute Gasteiger partial charge is 0.469 e. The van der Waals surface area contributed by atoms with Crippen molar-refractivity contribution >= 4 is 5.97 Å². The maximum atomic E-state index is 11.3. The molecular formula is C19H23FO2WY-2. The molecule has 0 N–H and O–H groups in total. The zero-order chi connectivity index (χ0) is 17.0. The Morgan fingerprint density at radius 2 is 1.71 bits per heavy atom. The number of benzene rings is 2.